The van der Waals surface area contributed by atoms with Crippen LogP contribution >= 0.6 is 0 Å². The van der Waals surface area contributed by atoms with E-state index in [9.17, 15) is 14.4 Å². The fourth-order valence-electron chi connectivity index (χ4n) is 8.01. The van der Waals surface area contributed by atoms with Crippen LogP contribution in [-0.4, -0.2) is 43.6 Å². The van der Waals surface area contributed by atoms with Crippen molar-refractivity contribution < 1.29 is 19.1 Å². The molecule has 8 atom stereocenters. The number of hydrogen-bond acceptors (Lipinski definition) is 5. The zero-order valence-corrected chi connectivity index (χ0v) is 27.7. The van der Waals surface area contributed by atoms with Gasteiger partial charge in [0.1, 0.15) is 5.76 Å². The third-order valence-corrected chi connectivity index (χ3v) is 10.9. The molecule has 2 aliphatic heterocycles. The molecule has 8 nitrogen and oxygen atoms in total. The highest BCUT2D eigenvalue weighted by Gasteiger charge is 2.47. The van der Waals surface area contributed by atoms with Gasteiger partial charge in [-0.1, -0.05) is 55.5 Å². The second-order valence-corrected chi connectivity index (χ2v) is 13.9. The molecule has 5 rings (SSSR count). The van der Waals surface area contributed by atoms with E-state index in [1.54, 1.807) is 7.11 Å². The second-order valence-electron chi connectivity index (χ2n) is 13.9. The summed E-state index contributed by atoms with van der Waals surface area (Å²) < 4.78 is 5.49. The molecule has 46 heavy (non-hydrogen) atoms. The Morgan fingerprint density at radius 1 is 1.20 bits per heavy atom. The van der Waals surface area contributed by atoms with Gasteiger partial charge in [0.05, 0.1) is 13.0 Å². The number of allylic oxidation sites excluding steroid dienone is 5. The number of hydrogen-bond donors (Lipinski definition) is 4. The van der Waals surface area contributed by atoms with Crippen LogP contribution in [0.15, 0.2) is 59.9 Å². The van der Waals surface area contributed by atoms with E-state index >= 15 is 0 Å². The Labute approximate surface area is 274 Å². The molecular weight excluding hydrogens is 576 g/mol. The first-order valence-corrected chi connectivity index (χ1v) is 17.0. The molecule has 3 fully saturated rings. The average molecular weight is 627 g/mol. The monoisotopic (exact) mass is 626 g/mol. The molecule has 4 amide bonds. The lowest BCUT2D eigenvalue weighted by molar-refractivity contribution is -0.123. The molecule has 1 aromatic rings. The summed E-state index contributed by atoms with van der Waals surface area (Å²) in [6.45, 7) is 8.54. The number of rotatable bonds is 8. The van der Waals surface area contributed by atoms with Crippen LogP contribution < -0.4 is 21.7 Å². The second kappa shape index (κ2) is 14.7. The number of carbonyl (C=O) groups is 3. The van der Waals surface area contributed by atoms with Crippen molar-refractivity contribution in [2.24, 2.45) is 41.2 Å². The normalized spacial score (nSPS) is 31.6. The van der Waals surface area contributed by atoms with Crippen LogP contribution in [0, 0.1) is 47.3 Å². The van der Waals surface area contributed by atoms with Crippen LogP contribution in [0.25, 0.3) is 0 Å². The Balaban J connectivity index is 1.31. The number of carbonyl (C=O) groups excluding carboxylic acids is 3. The Morgan fingerprint density at radius 2 is 1.98 bits per heavy atom. The summed E-state index contributed by atoms with van der Waals surface area (Å²) in [5.41, 5.74) is 7.57. The Morgan fingerprint density at radius 3 is 2.65 bits per heavy atom. The van der Waals surface area contributed by atoms with E-state index in [1.807, 2.05) is 30.3 Å². The van der Waals surface area contributed by atoms with Crippen LogP contribution in [0.4, 0.5) is 4.79 Å². The highest BCUT2D eigenvalue weighted by Crippen LogP contribution is 2.46. The number of ether oxygens (including phenoxy) is 1. The van der Waals surface area contributed by atoms with Gasteiger partial charge in [-0.05, 0) is 124 Å². The highest BCUT2D eigenvalue weighted by molar-refractivity contribution is 6.09. The predicted molar refractivity (Wildman–Crippen MR) is 180 cm³/mol. The molecule has 1 aromatic carbocycles. The number of imide groups is 1. The van der Waals surface area contributed by atoms with Crippen LogP contribution in [0.3, 0.4) is 0 Å². The average Bonchev–Trinajstić information content (AvgIpc) is 3.32. The zero-order chi connectivity index (χ0) is 32.8. The van der Waals surface area contributed by atoms with Crippen molar-refractivity contribution in [1.82, 2.24) is 16.0 Å². The van der Waals surface area contributed by atoms with Crippen molar-refractivity contribution in [2.75, 3.05) is 20.2 Å². The van der Waals surface area contributed by atoms with Crippen molar-refractivity contribution in [3.8, 4) is 11.8 Å². The minimum atomic E-state index is -1.31. The van der Waals surface area contributed by atoms with E-state index in [-0.39, 0.29) is 17.7 Å². The number of nitrogens with two attached hydrogens (primary N) is 1. The van der Waals surface area contributed by atoms with Gasteiger partial charge in [0.25, 0.3) is 5.91 Å². The van der Waals surface area contributed by atoms with Gasteiger partial charge in [0.2, 0.25) is 5.91 Å². The molecule has 2 saturated heterocycles. The molecule has 0 bridgehead atoms. The number of urea groups is 1. The minimum Gasteiger partial charge on any atom is -0.497 e. The summed E-state index contributed by atoms with van der Waals surface area (Å²) in [6.07, 6.45) is 15.1. The molecule has 5 N–H and O–H groups in total. The summed E-state index contributed by atoms with van der Waals surface area (Å²) in [6, 6.07) is 7.08. The van der Waals surface area contributed by atoms with Crippen LogP contribution in [0.5, 0.6) is 0 Å². The Kier molecular flexibility index (Phi) is 10.7. The molecule has 0 aromatic heterocycles. The molecule has 8 unspecified atom stereocenters. The number of amides is 4. The first-order valence-electron chi connectivity index (χ1n) is 17.0. The highest BCUT2D eigenvalue weighted by atomic mass is 16.5. The number of fused-ring (bicyclic) bond motifs is 1. The third kappa shape index (κ3) is 7.58. The van der Waals surface area contributed by atoms with Gasteiger partial charge in [0, 0.05) is 11.5 Å². The summed E-state index contributed by atoms with van der Waals surface area (Å²) in [4.78, 5) is 38.2. The summed E-state index contributed by atoms with van der Waals surface area (Å²) >= 11 is 0. The lowest BCUT2D eigenvalue weighted by Gasteiger charge is -2.40. The maximum atomic E-state index is 13.2. The maximum Gasteiger partial charge on any atom is 0.323 e. The van der Waals surface area contributed by atoms with Crippen molar-refractivity contribution >= 4 is 17.8 Å². The van der Waals surface area contributed by atoms with Gasteiger partial charge >= 0.3 is 6.03 Å². The van der Waals surface area contributed by atoms with E-state index < -0.39 is 17.5 Å². The fourth-order valence-corrected chi connectivity index (χ4v) is 8.01. The molecule has 246 valence electrons. The number of methoxy groups -OCH3 is 1. The number of primary amides is 1. The predicted octanol–water partition coefficient (Wildman–Crippen LogP) is 5.32. The van der Waals surface area contributed by atoms with Gasteiger partial charge in [-0.15, -0.1) is 0 Å². The van der Waals surface area contributed by atoms with Crippen LogP contribution in [0.2, 0.25) is 0 Å². The maximum absolute atomic E-state index is 13.2. The van der Waals surface area contributed by atoms with E-state index in [1.165, 1.54) is 5.57 Å². The lowest BCUT2D eigenvalue weighted by atomic mass is 9.65. The largest absolute Gasteiger partial charge is 0.497 e. The fraction of sp³-hybridized carbons (Fsp3) is 0.553. The van der Waals surface area contributed by atoms with Gasteiger partial charge in [-0.25, -0.2) is 4.79 Å². The zero-order valence-electron chi connectivity index (χ0n) is 27.7. The quantitative estimate of drug-likeness (QED) is 0.177. The molecule has 1 saturated carbocycles. The van der Waals surface area contributed by atoms with Gasteiger partial charge in [0.15, 0.2) is 5.54 Å². The molecule has 8 heteroatoms. The van der Waals surface area contributed by atoms with Gasteiger partial charge < -0.3 is 21.1 Å². The first-order chi connectivity index (χ1) is 22.1. The molecule has 2 heterocycles. The van der Waals surface area contributed by atoms with Gasteiger partial charge in [-0.2, -0.15) is 0 Å². The summed E-state index contributed by atoms with van der Waals surface area (Å²) in [7, 11) is 1.70. The Bertz CT molecular complexity index is 1450. The summed E-state index contributed by atoms with van der Waals surface area (Å²) in [5.74, 6) is 8.26. The van der Waals surface area contributed by atoms with Crippen LogP contribution in [0.1, 0.15) is 82.8 Å². The molecule has 0 radical (unpaired) electrons. The standard InChI is InChI=1S/C38H50N4O4/c1-5-27-19-31(20-30-12-13-32(46-4)22-33(27)30)25(3)23-38(36(44)41-37(45)42-38)16-14-26-8-10-28(11-9-26)34(35(39)43)21-29-15-18-40-17-6-7-24(29)2/h5,8-13,22,24-25,29-31,33-34,40H,6-7,15,17-21,23H2,1-4H3,(H2,39,43)(H2,41,42,44,45). The smallest absolute Gasteiger partial charge is 0.323 e. The van der Waals surface area contributed by atoms with Crippen LogP contribution in [-0.2, 0) is 14.3 Å². The van der Waals surface area contributed by atoms with E-state index in [0.29, 0.717) is 41.6 Å². The van der Waals surface area contributed by atoms with E-state index in [0.717, 1.165) is 62.9 Å². The minimum absolute atomic E-state index is 0.125. The topological polar surface area (TPSA) is 123 Å². The molecule has 2 aliphatic carbocycles. The van der Waals surface area contributed by atoms with Crippen molar-refractivity contribution in [2.45, 2.75) is 77.2 Å². The van der Waals surface area contributed by atoms with Gasteiger partial charge in [-0.3, -0.25) is 14.9 Å². The van der Waals surface area contributed by atoms with Crippen molar-refractivity contribution in [3.05, 3.63) is 71.0 Å². The van der Waals surface area contributed by atoms with E-state index in [4.69, 9.17) is 10.5 Å². The van der Waals surface area contributed by atoms with Crippen molar-refractivity contribution in [3.63, 3.8) is 0 Å². The SMILES string of the molecule is CC=C1CC(C(C)CC2(C#Cc3ccc(C(CC4CCNCCCC4C)C(N)=O)cc3)NC(=O)NC2=O)CC2C=CC(OC)=CC12. The molecular formula is C38H50N4O4. The molecule has 0 spiro atoms. The molecule has 4 aliphatic rings. The summed E-state index contributed by atoms with van der Waals surface area (Å²) in [5, 5.41) is 8.77. The van der Waals surface area contributed by atoms with Crippen molar-refractivity contribution in [1.29, 1.82) is 0 Å². The Hall–Kier alpha value is -3.83. The lowest BCUT2D eigenvalue weighted by Crippen LogP contribution is -2.48. The number of nitrogens with one attached hydrogen (secondary N) is 3. The first kappa shape index (κ1) is 33.5. The third-order valence-electron chi connectivity index (χ3n) is 10.9. The number of benzene rings is 1. The van der Waals surface area contributed by atoms with E-state index in [2.05, 4.69) is 66.8 Å².